The Balaban J connectivity index is 2.43. The van der Waals surface area contributed by atoms with E-state index < -0.39 is 28.9 Å². The molecule has 1 aromatic carbocycles. The maximum absolute atomic E-state index is 12.2. The average molecular weight is 334 g/mol. The molecule has 0 saturated carbocycles. The average Bonchev–Trinajstić information content (AvgIpc) is 2.68. The van der Waals surface area contributed by atoms with Crippen molar-refractivity contribution < 1.29 is 28.9 Å². The molecule has 0 bridgehead atoms. The van der Waals surface area contributed by atoms with Crippen LogP contribution in [0.2, 0.25) is 0 Å². The Morgan fingerprint density at radius 2 is 1.71 bits per heavy atom. The minimum atomic E-state index is -1.33. The molecule has 0 fully saturated rings. The highest BCUT2D eigenvalue weighted by Gasteiger charge is 2.32. The quantitative estimate of drug-likeness (QED) is 0.395. The van der Waals surface area contributed by atoms with Gasteiger partial charge in [-0.1, -0.05) is 6.07 Å². The van der Waals surface area contributed by atoms with Gasteiger partial charge in [0.1, 0.15) is 11.2 Å². The fourth-order valence-corrected chi connectivity index (χ4v) is 2.33. The summed E-state index contributed by atoms with van der Waals surface area (Å²) in [5.74, 6) is -1.90. The Bertz CT molecular complexity index is 722. The molecule has 1 aliphatic rings. The number of carbonyl (C=O) groups excluding carboxylic acids is 1. The van der Waals surface area contributed by atoms with Gasteiger partial charge < -0.3 is 19.3 Å². The monoisotopic (exact) mass is 334 g/mol. The molecule has 0 saturated heterocycles. The molecule has 24 heavy (non-hydrogen) atoms. The third-order valence-corrected chi connectivity index (χ3v) is 3.28. The van der Waals surface area contributed by atoms with Gasteiger partial charge in [0.05, 0.1) is 0 Å². The molecule has 130 valence electrons. The molecule has 1 N–H and O–H groups in total. The van der Waals surface area contributed by atoms with Crippen LogP contribution in [0.15, 0.2) is 23.8 Å². The van der Waals surface area contributed by atoms with Crippen molar-refractivity contribution >= 4 is 17.5 Å². The van der Waals surface area contributed by atoms with Crippen LogP contribution >= 0.6 is 0 Å². The van der Waals surface area contributed by atoms with E-state index in [9.17, 15) is 14.7 Å². The van der Waals surface area contributed by atoms with E-state index in [-0.39, 0.29) is 0 Å². The number of carboxylic acids is 1. The molecule has 0 aliphatic carbocycles. The maximum Gasteiger partial charge on any atom is 0.346 e. The van der Waals surface area contributed by atoms with Crippen LogP contribution in [0.25, 0.3) is 5.57 Å². The fraction of sp³-hybridized carbons (Fsp3) is 0.444. The predicted octanol–water partition coefficient (Wildman–Crippen LogP) is 3.39. The van der Waals surface area contributed by atoms with Gasteiger partial charge in [-0.2, -0.15) is 0 Å². The highest BCUT2D eigenvalue weighted by Crippen LogP contribution is 2.41. The Kier molecular flexibility index (Phi) is 4.35. The zero-order valence-corrected chi connectivity index (χ0v) is 14.7. The van der Waals surface area contributed by atoms with Crippen molar-refractivity contribution in [2.45, 2.75) is 52.9 Å². The van der Waals surface area contributed by atoms with E-state index in [1.807, 2.05) is 0 Å². The first-order chi connectivity index (χ1) is 10.9. The van der Waals surface area contributed by atoms with Gasteiger partial charge in [-0.25, -0.2) is 9.59 Å². The molecule has 0 radical (unpaired) electrons. The summed E-state index contributed by atoms with van der Waals surface area (Å²) < 4.78 is 16.5. The lowest BCUT2D eigenvalue weighted by atomic mass is 10.0. The number of esters is 1. The number of ether oxygens (including phenoxy) is 3. The third-order valence-electron chi connectivity index (χ3n) is 3.28. The SMILES string of the molecule is CC(=C(C(=O)O)C(=O)OC(C)(C)C)c1ccc2c(c1)OC(C)(C)O2. The van der Waals surface area contributed by atoms with Crippen molar-refractivity contribution in [2.75, 3.05) is 0 Å². The van der Waals surface area contributed by atoms with Gasteiger partial charge in [0.15, 0.2) is 11.5 Å². The number of benzene rings is 1. The normalized spacial score (nSPS) is 16.4. The first-order valence-electron chi connectivity index (χ1n) is 7.59. The van der Waals surface area contributed by atoms with Crippen LogP contribution in [0, 0.1) is 0 Å². The molecule has 6 heteroatoms. The number of carboxylic acid groups (broad SMARTS) is 1. The molecule has 0 amide bonds. The van der Waals surface area contributed by atoms with Crippen LogP contribution in [-0.2, 0) is 14.3 Å². The molecule has 0 unspecified atom stereocenters. The molecule has 1 aliphatic heterocycles. The van der Waals surface area contributed by atoms with Gasteiger partial charge in [-0.05, 0) is 51.0 Å². The molecule has 0 atom stereocenters. The van der Waals surface area contributed by atoms with Crippen LogP contribution < -0.4 is 9.47 Å². The zero-order chi connectivity index (χ0) is 18.3. The summed E-state index contributed by atoms with van der Waals surface area (Å²) in [6.07, 6.45) is 0. The van der Waals surface area contributed by atoms with E-state index in [1.165, 1.54) is 0 Å². The first kappa shape index (κ1) is 17.8. The second kappa shape index (κ2) is 5.85. The van der Waals surface area contributed by atoms with Gasteiger partial charge in [-0.3, -0.25) is 0 Å². The van der Waals surface area contributed by atoms with Gasteiger partial charge in [0.25, 0.3) is 0 Å². The summed E-state index contributed by atoms with van der Waals surface area (Å²) in [6.45, 7) is 10.2. The predicted molar refractivity (Wildman–Crippen MR) is 87.9 cm³/mol. The third kappa shape index (κ3) is 3.88. The highest BCUT2D eigenvalue weighted by atomic mass is 16.7. The van der Waals surface area contributed by atoms with Crippen LogP contribution in [0.5, 0.6) is 11.5 Å². The summed E-state index contributed by atoms with van der Waals surface area (Å²) in [4.78, 5) is 23.8. The maximum atomic E-state index is 12.2. The van der Waals surface area contributed by atoms with Crippen LogP contribution in [0.1, 0.15) is 47.1 Å². The molecule has 0 aromatic heterocycles. The molecular formula is C18H22O6. The van der Waals surface area contributed by atoms with E-state index in [1.54, 1.807) is 59.7 Å². The highest BCUT2D eigenvalue weighted by molar-refractivity contribution is 6.19. The van der Waals surface area contributed by atoms with E-state index in [0.29, 0.717) is 22.6 Å². The fourth-order valence-electron chi connectivity index (χ4n) is 2.33. The molecule has 1 heterocycles. The Morgan fingerprint density at radius 3 is 2.25 bits per heavy atom. The van der Waals surface area contributed by atoms with E-state index in [0.717, 1.165) is 0 Å². The number of carbonyl (C=O) groups is 2. The summed E-state index contributed by atoms with van der Waals surface area (Å²) in [5, 5.41) is 9.43. The Labute approximate surface area is 141 Å². The Hall–Kier alpha value is -2.50. The number of allylic oxidation sites excluding steroid dienone is 1. The molecule has 6 nitrogen and oxygen atoms in total. The van der Waals surface area contributed by atoms with Gasteiger partial charge in [-0.15, -0.1) is 0 Å². The van der Waals surface area contributed by atoms with Crippen molar-refractivity contribution in [1.82, 2.24) is 0 Å². The topological polar surface area (TPSA) is 82.1 Å². The lowest BCUT2D eigenvalue weighted by Gasteiger charge is -2.20. The van der Waals surface area contributed by atoms with Crippen molar-refractivity contribution in [2.24, 2.45) is 0 Å². The van der Waals surface area contributed by atoms with Gasteiger partial charge in [0, 0.05) is 13.8 Å². The lowest BCUT2D eigenvalue weighted by Crippen LogP contribution is -2.29. The molecule has 2 rings (SSSR count). The van der Waals surface area contributed by atoms with Crippen LogP contribution in [0.4, 0.5) is 0 Å². The van der Waals surface area contributed by atoms with Crippen LogP contribution in [0.3, 0.4) is 0 Å². The first-order valence-corrected chi connectivity index (χ1v) is 7.59. The number of fused-ring (bicyclic) bond motifs is 1. The van der Waals surface area contributed by atoms with Gasteiger partial charge in [0.2, 0.25) is 5.79 Å². The summed E-state index contributed by atoms with van der Waals surface area (Å²) in [5.41, 5.74) is -0.328. The van der Waals surface area contributed by atoms with Crippen molar-refractivity contribution in [3.8, 4) is 11.5 Å². The standard InChI is InChI=1S/C18H22O6/c1-10(14(15(19)20)16(21)24-17(2,3)4)11-7-8-12-13(9-11)23-18(5,6)22-12/h7-9H,1-6H3,(H,19,20). The minimum absolute atomic E-state index is 0.299. The van der Waals surface area contributed by atoms with Crippen molar-refractivity contribution in [3.63, 3.8) is 0 Å². The second-order valence-corrected chi connectivity index (χ2v) is 7.07. The minimum Gasteiger partial charge on any atom is -0.477 e. The molecular weight excluding hydrogens is 312 g/mol. The number of aliphatic carboxylic acids is 1. The van der Waals surface area contributed by atoms with E-state index in [4.69, 9.17) is 14.2 Å². The second-order valence-electron chi connectivity index (χ2n) is 7.07. The van der Waals surface area contributed by atoms with E-state index in [2.05, 4.69) is 0 Å². The van der Waals surface area contributed by atoms with Crippen LogP contribution in [-0.4, -0.2) is 28.4 Å². The lowest BCUT2D eigenvalue weighted by molar-refractivity contribution is -0.152. The number of rotatable bonds is 3. The zero-order valence-electron chi connectivity index (χ0n) is 14.7. The Morgan fingerprint density at radius 1 is 1.12 bits per heavy atom. The van der Waals surface area contributed by atoms with Crippen molar-refractivity contribution in [3.05, 3.63) is 29.3 Å². The summed E-state index contributed by atoms with van der Waals surface area (Å²) >= 11 is 0. The molecule has 0 spiro atoms. The summed E-state index contributed by atoms with van der Waals surface area (Å²) in [7, 11) is 0. The number of hydrogen-bond donors (Lipinski definition) is 1. The van der Waals surface area contributed by atoms with Gasteiger partial charge >= 0.3 is 11.9 Å². The largest absolute Gasteiger partial charge is 0.477 e. The summed E-state index contributed by atoms with van der Waals surface area (Å²) in [6, 6.07) is 5.04. The smallest absolute Gasteiger partial charge is 0.346 e. The number of hydrogen-bond acceptors (Lipinski definition) is 5. The van der Waals surface area contributed by atoms with Crippen molar-refractivity contribution in [1.29, 1.82) is 0 Å². The molecule has 1 aromatic rings. The van der Waals surface area contributed by atoms with E-state index >= 15 is 0 Å².